The second kappa shape index (κ2) is 7.63. The summed E-state index contributed by atoms with van der Waals surface area (Å²) < 4.78 is 0. The highest BCUT2D eigenvalue weighted by Crippen LogP contribution is 2.17. The summed E-state index contributed by atoms with van der Waals surface area (Å²) in [5.41, 5.74) is 3.41. The van der Waals surface area contributed by atoms with E-state index in [2.05, 4.69) is 55.1 Å². The summed E-state index contributed by atoms with van der Waals surface area (Å²) in [4.78, 5) is 17.0. The van der Waals surface area contributed by atoms with Crippen molar-refractivity contribution in [2.75, 3.05) is 26.2 Å². The average molecular weight is 322 g/mol. The maximum atomic E-state index is 12.7. The molecule has 0 bridgehead atoms. The Bertz CT molecular complexity index is 656. The number of benzene rings is 2. The first-order valence-corrected chi connectivity index (χ1v) is 8.79. The molecule has 0 radical (unpaired) electrons. The van der Waals surface area contributed by atoms with Crippen LogP contribution in [0.4, 0.5) is 0 Å². The molecule has 0 spiro atoms. The molecule has 1 aliphatic heterocycles. The number of nitrogens with zero attached hydrogens (tertiary/aromatic N) is 2. The van der Waals surface area contributed by atoms with Gasteiger partial charge in [0.25, 0.3) is 5.91 Å². The highest BCUT2D eigenvalue weighted by atomic mass is 16.2. The second-order valence-electron chi connectivity index (χ2n) is 6.83. The van der Waals surface area contributed by atoms with Gasteiger partial charge in [-0.15, -0.1) is 0 Å². The topological polar surface area (TPSA) is 23.6 Å². The Kier molecular flexibility index (Phi) is 5.31. The molecule has 0 atom stereocenters. The maximum absolute atomic E-state index is 12.7. The van der Waals surface area contributed by atoms with E-state index >= 15 is 0 Å². The number of hydrogen-bond acceptors (Lipinski definition) is 2. The van der Waals surface area contributed by atoms with E-state index in [4.69, 9.17) is 0 Å². The van der Waals surface area contributed by atoms with Crippen molar-refractivity contribution < 1.29 is 4.79 Å². The van der Waals surface area contributed by atoms with Crippen molar-refractivity contribution in [1.29, 1.82) is 0 Å². The molecule has 3 nitrogen and oxygen atoms in total. The van der Waals surface area contributed by atoms with Crippen LogP contribution in [-0.4, -0.2) is 41.9 Å². The Morgan fingerprint density at radius 1 is 0.917 bits per heavy atom. The first-order valence-electron chi connectivity index (χ1n) is 8.79. The number of piperazine rings is 1. The van der Waals surface area contributed by atoms with E-state index in [-0.39, 0.29) is 5.91 Å². The summed E-state index contributed by atoms with van der Waals surface area (Å²) in [7, 11) is 0. The molecule has 1 heterocycles. The van der Waals surface area contributed by atoms with Crippen molar-refractivity contribution in [1.82, 2.24) is 9.80 Å². The van der Waals surface area contributed by atoms with Crippen LogP contribution in [0.15, 0.2) is 54.6 Å². The summed E-state index contributed by atoms with van der Waals surface area (Å²) in [6.45, 7) is 8.78. The van der Waals surface area contributed by atoms with E-state index in [0.29, 0.717) is 5.92 Å². The number of carbonyl (C=O) groups is 1. The standard InChI is InChI=1S/C21H26N2O/c1-17(2)19-8-10-20(11-9-19)21(24)23-14-12-22(13-15-23)16-18-6-4-3-5-7-18/h3-11,17H,12-16H2,1-2H3. The van der Waals surface area contributed by atoms with Crippen LogP contribution >= 0.6 is 0 Å². The van der Waals surface area contributed by atoms with Crippen LogP contribution in [0.25, 0.3) is 0 Å². The molecule has 1 amide bonds. The van der Waals surface area contributed by atoms with Gasteiger partial charge in [-0.3, -0.25) is 9.69 Å². The van der Waals surface area contributed by atoms with Gasteiger partial charge in [-0.2, -0.15) is 0 Å². The fourth-order valence-electron chi connectivity index (χ4n) is 3.14. The van der Waals surface area contributed by atoms with Crippen LogP contribution in [0, 0.1) is 0 Å². The molecule has 1 saturated heterocycles. The van der Waals surface area contributed by atoms with Crippen LogP contribution in [0.1, 0.15) is 41.3 Å². The summed E-state index contributed by atoms with van der Waals surface area (Å²) in [6.07, 6.45) is 0. The lowest BCUT2D eigenvalue weighted by Crippen LogP contribution is -2.48. The van der Waals surface area contributed by atoms with Gasteiger partial charge >= 0.3 is 0 Å². The Labute approximate surface area is 144 Å². The zero-order valence-corrected chi connectivity index (χ0v) is 14.6. The molecule has 0 unspecified atom stereocenters. The van der Waals surface area contributed by atoms with E-state index in [0.717, 1.165) is 38.3 Å². The van der Waals surface area contributed by atoms with Crippen LogP contribution in [0.2, 0.25) is 0 Å². The third-order valence-corrected chi connectivity index (χ3v) is 4.73. The van der Waals surface area contributed by atoms with Crippen molar-refractivity contribution >= 4 is 5.91 Å². The maximum Gasteiger partial charge on any atom is 0.253 e. The van der Waals surface area contributed by atoms with Crippen LogP contribution in [0.3, 0.4) is 0 Å². The monoisotopic (exact) mass is 322 g/mol. The van der Waals surface area contributed by atoms with E-state index in [1.165, 1.54) is 11.1 Å². The molecule has 2 aromatic carbocycles. The van der Waals surface area contributed by atoms with Crippen molar-refractivity contribution in [2.24, 2.45) is 0 Å². The van der Waals surface area contributed by atoms with Gasteiger partial charge in [-0.05, 0) is 29.2 Å². The van der Waals surface area contributed by atoms with Gasteiger partial charge in [0, 0.05) is 38.3 Å². The Morgan fingerprint density at radius 2 is 1.54 bits per heavy atom. The first-order chi connectivity index (χ1) is 11.6. The molecular formula is C21H26N2O. The molecule has 1 aliphatic rings. The van der Waals surface area contributed by atoms with Crippen molar-refractivity contribution in [2.45, 2.75) is 26.3 Å². The Hall–Kier alpha value is -2.13. The average Bonchev–Trinajstić information content (AvgIpc) is 2.63. The van der Waals surface area contributed by atoms with Gasteiger partial charge < -0.3 is 4.90 Å². The van der Waals surface area contributed by atoms with Crippen molar-refractivity contribution in [3.8, 4) is 0 Å². The Morgan fingerprint density at radius 3 is 2.12 bits per heavy atom. The lowest BCUT2D eigenvalue weighted by atomic mass is 10.0. The fourth-order valence-corrected chi connectivity index (χ4v) is 3.14. The third kappa shape index (κ3) is 4.04. The van der Waals surface area contributed by atoms with Crippen LogP contribution < -0.4 is 0 Å². The van der Waals surface area contributed by atoms with Crippen LogP contribution in [0.5, 0.6) is 0 Å². The molecule has 126 valence electrons. The third-order valence-electron chi connectivity index (χ3n) is 4.73. The molecule has 3 rings (SSSR count). The number of rotatable bonds is 4. The highest BCUT2D eigenvalue weighted by molar-refractivity contribution is 5.94. The van der Waals surface area contributed by atoms with Crippen LogP contribution in [-0.2, 0) is 6.54 Å². The molecule has 0 saturated carbocycles. The summed E-state index contributed by atoms with van der Waals surface area (Å²) in [5.74, 6) is 0.653. The van der Waals surface area contributed by atoms with Crippen molar-refractivity contribution in [3.05, 3.63) is 71.3 Å². The van der Waals surface area contributed by atoms with Gasteiger partial charge in [0.1, 0.15) is 0 Å². The summed E-state index contributed by atoms with van der Waals surface area (Å²) in [6, 6.07) is 18.6. The normalized spacial score (nSPS) is 15.7. The SMILES string of the molecule is CC(C)c1ccc(C(=O)N2CCN(Cc3ccccc3)CC2)cc1. The minimum absolute atomic E-state index is 0.157. The molecule has 24 heavy (non-hydrogen) atoms. The van der Waals surface area contributed by atoms with E-state index in [1.54, 1.807) is 0 Å². The smallest absolute Gasteiger partial charge is 0.253 e. The van der Waals surface area contributed by atoms with Gasteiger partial charge in [0.05, 0.1) is 0 Å². The zero-order chi connectivity index (χ0) is 16.9. The first kappa shape index (κ1) is 16.7. The second-order valence-corrected chi connectivity index (χ2v) is 6.83. The van der Waals surface area contributed by atoms with Gasteiger partial charge in [0.2, 0.25) is 0 Å². The van der Waals surface area contributed by atoms with Gasteiger partial charge in [-0.1, -0.05) is 56.3 Å². The zero-order valence-electron chi connectivity index (χ0n) is 14.6. The largest absolute Gasteiger partial charge is 0.336 e. The van der Waals surface area contributed by atoms with Gasteiger partial charge in [-0.25, -0.2) is 0 Å². The van der Waals surface area contributed by atoms with E-state index < -0.39 is 0 Å². The quantitative estimate of drug-likeness (QED) is 0.855. The minimum atomic E-state index is 0.157. The summed E-state index contributed by atoms with van der Waals surface area (Å²) >= 11 is 0. The molecule has 0 N–H and O–H groups in total. The lowest BCUT2D eigenvalue weighted by molar-refractivity contribution is 0.0628. The lowest BCUT2D eigenvalue weighted by Gasteiger charge is -2.34. The molecule has 0 aliphatic carbocycles. The summed E-state index contributed by atoms with van der Waals surface area (Å²) in [5, 5.41) is 0. The van der Waals surface area contributed by atoms with Gasteiger partial charge in [0.15, 0.2) is 0 Å². The fraction of sp³-hybridized carbons (Fsp3) is 0.381. The molecule has 0 aromatic heterocycles. The van der Waals surface area contributed by atoms with E-state index in [1.807, 2.05) is 23.1 Å². The predicted octanol–water partition coefficient (Wildman–Crippen LogP) is 3.77. The number of hydrogen-bond donors (Lipinski definition) is 0. The molecule has 3 heteroatoms. The predicted molar refractivity (Wildman–Crippen MR) is 98.2 cm³/mol. The van der Waals surface area contributed by atoms with Crippen molar-refractivity contribution in [3.63, 3.8) is 0 Å². The van der Waals surface area contributed by atoms with E-state index in [9.17, 15) is 4.79 Å². The Balaban J connectivity index is 1.55. The molecule has 1 fully saturated rings. The minimum Gasteiger partial charge on any atom is -0.336 e. The molecular weight excluding hydrogens is 296 g/mol. The number of carbonyl (C=O) groups excluding carboxylic acids is 1. The highest BCUT2D eigenvalue weighted by Gasteiger charge is 2.22. The molecule has 2 aromatic rings. The number of amides is 1.